The second-order valence-electron chi connectivity index (χ2n) is 4.85. The lowest BCUT2D eigenvalue weighted by molar-refractivity contribution is 0.0390. The van der Waals surface area contributed by atoms with Gasteiger partial charge >= 0.3 is 0 Å². The van der Waals surface area contributed by atoms with E-state index < -0.39 is 6.10 Å². The van der Waals surface area contributed by atoms with Gasteiger partial charge in [-0.25, -0.2) is 0 Å². The van der Waals surface area contributed by atoms with Crippen molar-refractivity contribution in [2.45, 2.75) is 53.2 Å². The van der Waals surface area contributed by atoms with E-state index in [1.165, 1.54) is 0 Å². The highest BCUT2D eigenvalue weighted by atomic mass is 35.5. The molecule has 4 heteroatoms. The first kappa shape index (κ1) is 13.5. The van der Waals surface area contributed by atoms with Crippen LogP contribution >= 0.6 is 11.6 Å². The summed E-state index contributed by atoms with van der Waals surface area (Å²) in [6.07, 6.45) is 2.91. The van der Waals surface area contributed by atoms with Crippen molar-refractivity contribution in [1.29, 1.82) is 0 Å². The average Bonchev–Trinajstić information content (AvgIpc) is 2.59. The van der Waals surface area contributed by atoms with Gasteiger partial charge in [0.15, 0.2) is 0 Å². The summed E-state index contributed by atoms with van der Waals surface area (Å²) in [5, 5.41) is 15.1. The van der Waals surface area contributed by atoms with Crippen LogP contribution in [0.3, 0.4) is 0 Å². The summed E-state index contributed by atoms with van der Waals surface area (Å²) in [4.78, 5) is 0. The number of hydrogen-bond donors (Lipinski definition) is 1. The first-order valence-electron chi connectivity index (χ1n) is 5.83. The molecule has 0 aliphatic rings. The van der Waals surface area contributed by atoms with Crippen molar-refractivity contribution in [2.75, 3.05) is 0 Å². The zero-order chi connectivity index (χ0) is 12.3. The van der Waals surface area contributed by atoms with Crippen LogP contribution in [0.4, 0.5) is 0 Å². The molecular formula is C12H21ClN2O. The van der Waals surface area contributed by atoms with Gasteiger partial charge in [-0.3, -0.25) is 4.68 Å². The predicted molar refractivity (Wildman–Crippen MR) is 66.6 cm³/mol. The maximum absolute atomic E-state index is 10.4. The molecule has 0 aliphatic heterocycles. The molecule has 0 fully saturated rings. The highest BCUT2D eigenvalue weighted by molar-refractivity contribution is 6.31. The van der Waals surface area contributed by atoms with Crippen LogP contribution in [0, 0.1) is 5.41 Å². The van der Waals surface area contributed by atoms with Crippen LogP contribution in [0.5, 0.6) is 0 Å². The summed E-state index contributed by atoms with van der Waals surface area (Å²) < 4.78 is 1.81. The van der Waals surface area contributed by atoms with Gasteiger partial charge in [-0.05, 0) is 18.3 Å². The molecular weight excluding hydrogens is 224 g/mol. The smallest absolute Gasteiger partial charge is 0.102 e. The first-order chi connectivity index (χ1) is 7.44. The summed E-state index contributed by atoms with van der Waals surface area (Å²) >= 11 is 6.10. The second-order valence-corrected chi connectivity index (χ2v) is 5.25. The fraction of sp³-hybridized carbons (Fsp3) is 0.750. The lowest BCUT2D eigenvalue weighted by Gasteiger charge is -2.29. The van der Waals surface area contributed by atoms with Crippen LogP contribution < -0.4 is 0 Å². The van der Waals surface area contributed by atoms with E-state index in [0.29, 0.717) is 5.02 Å². The SMILES string of the molecule is CCCn1ncc(Cl)c1C(O)C(C)(C)CC. The Labute approximate surface area is 102 Å². The summed E-state index contributed by atoms with van der Waals surface area (Å²) in [7, 11) is 0. The molecule has 1 unspecified atom stereocenters. The zero-order valence-electron chi connectivity index (χ0n) is 10.5. The Morgan fingerprint density at radius 3 is 2.62 bits per heavy atom. The van der Waals surface area contributed by atoms with Crippen LogP contribution in [0.15, 0.2) is 6.20 Å². The largest absolute Gasteiger partial charge is 0.386 e. The molecule has 1 atom stereocenters. The van der Waals surface area contributed by atoms with Crippen LogP contribution in [-0.4, -0.2) is 14.9 Å². The number of aromatic nitrogens is 2. The third kappa shape index (κ3) is 2.58. The van der Waals surface area contributed by atoms with Gasteiger partial charge in [-0.1, -0.05) is 39.3 Å². The fourth-order valence-electron chi connectivity index (χ4n) is 1.60. The Morgan fingerprint density at radius 1 is 1.50 bits per heavy atom. The lowest BCUT2D eigenvalue weighted by atomic mass is 9.82. The minimum absolute atomic E-state index is 0.185. The van der Waals surface area contributed by atoms with Crippen molar-refractivity contribution in [3.8, 4) is 0 Å². The minimum Gasteiger partial charge on any atom is -0.386 e. The molecule has 16 heavy (non-hydrogen) atoms. The van der Waals surface area contributed by atoms with Crippen LogP contribution in [0.25, 0.3) is 0 Å². The maximum atomic E-state index is 10.4. The molecule has 0 saturated heterocycles. The second kappa shape index (κ2) is 5.19. The average molecular weight is 245 g/mol. The molecule has 0 aromatic carbocycles. The number of halogens is 1. The van der Waals surface area contributed by atoms with E-state index in [-0.39, 0.29) is 5.41 Å². The Bertz CT molecular complexity index is 347. The van der Waals surface area contributed by atoms with Gasteiger partial charge in [0, 0.05) is 6.54 Å². The number of rotatable bonds is 5. The molecule has 0 radical (unpaired) electrons. The van der Waals surface area contributed by atoms with Gasteiger partial charge in [0.25, 0.3) is 0 Å². The number of aliphatic hydroxyl groups excluding tert-OH is 1. The molecule has 1 heterocycles. The molecule has 0 saturated carbocycles. The van der Waals surface area contributed by atoms with Gasteiger partial charge < -0.3 is 5.11 Å². The van der Waals surface area contributed by atoms with E-state index in [1.807, 2.05) is 18.5 Å². The molecule has 1 aromatic rings. The van der Waals surface area contributed by atoms with Crippen LogP contribution in [0.1, 0.15) is 52.3 Å². The Kier molecular flexibility index (Phi) is 4.39. The predicted octanol–water partition coefficient (Wildman–Crippen LogP) is 3.42. The van der Waals surface area contributed by atoms with Gasteiger partial charge in [-0.2, -0.15) is 5.10 Å². The van der Waals surface area contributed by atoms with Crippen molar-refractivity contribution in [3.63, 3.8) is 0 Å². The molecule has 0 amide bonds. The van der Waals surface area contributed by atoms with E-state index >= 15 is 0 Å². The van der Waals surface area contributed by atoms with E-state index in [0.717, 1.165) is 25.1 Å². The van der Waals surface area contributed by atoms with Crippen molar-refractivity contribution >= 4 is 11.6 Å². The third-order valence-electron chi connectivity index (χ3n) is 3.18. The minimum atomic E-state index is -0.570. The number of nitrogens with zero attached hydrogens (tertiary/aromatic N) is 2. The molecule has 0 aliphatic carbocycles. The number of aliphatic hydroxyl groups is 1. The molecule has 1 N–H and O–H groups in total. The quantitative estimate of drug-likeness (QED) is 0.862. The molecule has 92 valence electrons. The van der Waals surface area contributed by atoms with Crippen LogP contribution in [-0.2, 0) is 6.54 Å². The Hall–Kier alpha value is -0.540. The van der Waals surface area contributed by atoms with Crippen molar-refractivity contribution < 1.29 is 5.11 Å². The molecule has 0 bridgehead atoms. The van der Waals surface area contributed by atoms with Gasteiger partial charge in [0.2, 0.25) is 0 Å². The van der Waals surface area contributed by atoms with E-state index in [2.05, 4.69) is 18.9 Å². The fourth-order valence-corrected chi connectivity index (χ4v) is 1.84. The topological polar surface area (TPSA) is 38.0 Å². The maximum Gasteiger partial charge on any atom is 0.102 e. The number of hydrogen-bond acceptors (Lipinski definition) is 2. The van der Waals surface area contributed by atoms with Crippen molar-refractivity contribution in [3.05, 3.63) is 16.9 Å². The molecule has 3 nitrogen and oxygen atoms in total. The van der Waals surface area contributed by atoms with E-state index in [9.17, 15) is 5.11 Å². The standard InChI is InChI=1S/C12H21ClN2O/c1-5-7-15-10(9(13)8-14-15)11(16)12(3,4)6-2/h8,11,16H,5-7H2,1-4H3. The molecule has 1 aromatic heterocycles. The van der Waals surface area contributed by atoms with E-state index in [1.54, 1.807) is 6.20 Å². The Morgan fingerprint density at radius 2 is 2.12 bits per heavy atom. The van der Waals surface area contributed by atoms with Gasteiger partial charge in [0.05, 0.1) is 16.9 Å². The summed E-state index contributed by atoms with van der Waals surface area (Å²) in [5.74, 6) is 0. The summed E-state index contributed by atoms with van der Waals surface area (Å²) in [6, 6.07) is 0. The summed E-state index contributed by atoms with van der Waals surface area (Å²) in [5.41, 5.74) is 0.560. The van der Waals surface area contributed by atoms with Crippen molar-refractivity contribution in [1.82, 2.24) is 9.78 Å². The van der Waals surface area contributed by atoms with E-state index in [4.69, 9.17) is 11.6 Å². The monoisotopic (exact) mass is 244 g/mol. The molecule has 1 rings (SSSR count). The molecule has 0 spiro atoms. The highest BCUT2D eigenvalue weighted by Gasteiger charge is 2.31. The highest BCUT2D eigenvalue weighted by Crippen LogP contribution is 2.38. The lowest BCUT2D eigenvalue weighted by Crippen LogP contribution is -2.24. The van der Waals surface area contributed by atoms with Gasteiger partial charge in [0.1, 0.15) is 6.10 Å². The van der Waals surface area contributed by atoms with Crippen molar-refractivity contribution in [2.24, 2.45) is 5.41 Å². The first-order valence-corrected chi connectivity index (χ1v) is 6.21. The zero-order valence-corrected chi connectivity index (χ0v) is 11.3. The Balaban J connectivity index is 3.06. The summed E-state index contributed by atoms with van der Waals surface area (Å²) in [6.45, 7) is 9.02. The normalized spacial score (nSPS) is 14.1. The van der Waals surface area contributed by atoms with Crippen LogP contribution in [0.2, 0.25) is 5.02 Å². The third-order valence-corrected chi connectivity index (χ3v) is 3.47. The number of aryl methyl sites for hydroxylation is 1. The van der Waals surface area contributed by atoms with Gasteiger partial charge in [-0.15, -0.1) is 0 Å².